The van der Waals surface area contributed by atoms with Crippen molar-refractivity contribution in [2.75, 3.05) is 0 Å². The maximum Gasteiger partial charge on any atom is 0.106 e. The first-order chi connectivity index (χ1) is 9.25. The third-order valence-electron chi connectivity index (χ3n) is 3.25. The van der Waals surface area contributed by atoms with Gasteiger partial charge in [0.05, 0.1) is 0 Å². The van der Waals surface area contributed by atoms with Crippen LogP contribution in [0.5, 0.6) is 0 Å². The molecule has 3 rings (SSSR count). The third-order valence-corrected chi connectivity index (χ3v) is 3.47. The summed E-state index contributed by atoms with van der Waals surface area (Å²) in [6.45, 7) is 0.823. The van der Waals surface area contributed by atoms with Gasteiger partial charge in [0.2, 0.25) is 0 Å². The molecule has 0 atom stereocenters. The van der Waals surface area contributed by atoms with Gasteiger partial charge in [0, 0.05) is 29.2 Å². The van der Waals surface area contributed by atoms with Crippen molar-refractivity contribution < 1.29 is 0 Å². The van der Waals surface area contributed by atoms with Gasteiger partial charge in [0.25, 0.3) is 0 Å². The zero-order valence-electron chi connectivity index (χ0n) is 10.4. The molecule has 0 aliphatic carbocycles. The Balaban J connectivity index is 2.11. The van der Waals surface area contributed by atoms with Gasteiger partial charge in [0.15, 0.2) is 0 Å². The molecule has 3 aromatic rings. The third kappa shape index (κ3) is 2.25. The summed E-state index contributed by atoms with van der Waals surface area (Å²) in [6, 6.07) is 18.6. The van der Waals surface area contributed by atoms with E-state index in [1.807, 2.05) is 24.4 Å². The first-order valence-corrected chi connectivity index (χ1v) is 6.58. The Bertz CT molecular complexity index is 729. The van der Waals surface area contributed by atoms with Crippen LogP contribution in [0.4, 0.5) is 0 Å². The molecule has 2 aromatic carbocycles. The molecule has 1 aromatic heterocycles. The van der Waals surface area contributed by atoms with Gasteiger partial charge in [0.1, 0.15) is 4.99 Å². The average molecular weight is 266 g/mol. The normalized spacial score (nSPS) is 10.7. The second-order valence-electron chi connectivity index (χ2n) is 4.54. The molecule has 0 saturated heterocycles. The van der Waals surface area contributed by atoms with Gasteiger partial charge in [-0.25, -0.2) is 0 Å². The monoisotopic (exact) mass is 266 g/mol. The summed E-state index contributed by atoms with van der Waals surface area (Å²) in [5, 5.41) is 1.12. The van der Waals surface area contributed by atoms with E-state index in [9.17, 15) is 0 Å². The van der Waals surface area contributed by atoms with Crippen molar-refractivity contribution in [3.63, 3.8) is 0 Å². The standard InChI is InChI=1S/C16H14N2S/c17-16(19)14-11-18(10-12-6-2-1-3-7-12)15-9-5-4-8-13(14)15/h1-9,11H,10H2,(H2,17,19). The summed E-state index contributed by atoms with van der Waals surface area (Å²) in [7, 11) is 0. The highest BCUT2D eigenvalue weighted by atomic mass is 32.1. The number of hydrogen-bond acceptors (Lipinski definition) is 1. The van der Waals surface area contributed by atoms with Crippen molar-refractivity contribution in [2.45, 2.75) is 6.54 Å². The molecule has 19 heavy (non-hydrogen) atoms. The highest BCUT2D eigenvalue weighted by Crippen LogP contribution is 2.22. The molecular weight excluding hydrogens is 252 g/mol. The second-order valence-corrected chi connectivity index (χ2v) is 4.98. The van der Waals surface area contributed by atoms with Crippen LogP contribution in [-0.4, -0.2) is 9.56 Å². The van der Waals surface area contributed by atoms with Gasteiger partial charge in [-0.05, 0) is 11.6 Å². The minimum Gasteiger partial charge on any atom is -0.389 e. The van der Waals surface area contributed by atoms with Crippen LogP contribution in [0.1, 0.15) is 11.1 Å². The lowest BCUT2D eigenvalue weighted by atomic mass is 10.2. The van der Waals surface area contributed by atoms with Gasteiger partial charge in [-0.1, -0.05) is 60.7 Å². The molecule has 0 fully saturated rings. The van der Waals surface area contributed by atoms with Crippen LogP contribution in [0.25, 0.3) is 10.9 Å². The Labute approximate surface area is 117 Å². The van der Waals surface area contributed by atoms with Gasteiger partial charge >= 0.3 is 0 Å². The summed E-state index contributed by atoms with van der Waals surface area (Å²) < 4.78 is 2.19. The van der Waals surface area contributed by atoms with Crippen molar-refractivity contribution in [1.29, 1.82) is 0 Å². The SMILES string of the molecule is NC(=S)c1cn(Cc2ccccc2)c2ccccc12. The van der Waals surface area contributed by atoms with E-state index >= 15 is 0 Å². The van der Waals surface area contributed by atoms with E-state index in [0.29, 0.717) is 4.99 Å². The molecule has 0 aliphatic rings. The van der Waals surface area contributed by atoms with Gasteiger partial charge in [-0.2, -0.15) is 0 Å². The number of thiocarbonyl (C=S) groups is 1. The number of hydrogen-bond donors (Lipinski definition) is 1. The molecule has 0 aliphatic heterocycles. The lowest BCUT2D eigenvalue weighted by Gasteiger charge is -2.05. The number of para-hydroxylation sites is 1. The summed E-state index contributed by atoms with van der Waals surface area (Å²) in [4.78, 5) is 0.447. The summed E-state index contributed by atoms with van der Waals surface area (Å²) in [5.74, 6) is 0. The van der Waals surface area contributed by atoms with E-state index in [2.05, 4.69) is 41.0 Å². The van der Waals surface area contributed by atoms with Gasteiger partial charge in [-0.3, -0.25) is 0 Å². The number of rotatable bonds is 3. The Morgan fingerprint density at radius 1 is 1.00 bits per heavy atom. The Kier molecular flexibility index (Phi) is 3.05. The summed E-state index contributed by atoms with van der Waals surface area (Å²) >= 11 is 5.13. The fourth-order valence-corrected chi connectivity index (χ4v) is 2.52. The molecule has 0 amide bonds. The molecule has 2 nitrogen and oxygen atoms in total. The Hall–Kier alpha value is -2.13. The van der Waals surface area contributed by atoms with Crippen molar-refractivity contribution >= 4 is 28.1 Å². The smallest absolute Gasteiger partial charge is 0.106 e. The summed E-state index contributed by atoms with van der Waals surface area (Å²) in [5.41, 5.74) is 9.17. The van der Waals surface area contributed by atoms with Gasteiger partial charge in [-0.15, -0.1) is 0 Å². The Morgan fingerprint density at radius 3 is 2.42 bits per heavy atom. The largest absolute Gasteiger partial charge is 0.389 e. The second kappa shape index (κ2) is 4.86. The minimum absolute atomic E-state index is 0.447. The number of nitrogens with zero attached hydrogens (tertiary/aromatic N) is 1. The zero-order valence-corrected chi connectivity index (χ0v) is 11.2. The van der Waals surface area contributed by atoms with Crippen LogP contribution >= 0.6 is 12.2 Å². The maximum absolute atomic E-state index is 5.80. The molecule has 1 heterocycles. The fourth-order valence-electron chi connectivity index (χ4n) is 2.35. The van der Waals surface area contributed by atoms with Gasteiger partial charge < -0.3 is 10.3 Å². The van der Waals surface area contributed by atoms with E-state index in [0.717, 1.165) is 23.0 Å². The van der Waals surface area contributed by atoms with E-state index in [1.165, 1.54) is 5.56 Å². The van der Waals surface area contributed by atoms with E-state index < -0.39 is 0 Å². The predicted octanol–water partition coefficient (Wildman–Crippen LogP) is 3.32. The molecular formula is C16H14N2S. The maximum atomic E-state index is 5.80. The molecule has 94 valence electrons. The van der Waals surface area contributed by atoms with Crippen molar-refractivity contribution in [1.82, 2.24) is 4.57 Å². The van der Waals surface area contributed by atoms with Crippen LogP contribution in [0.3, 0.4) is 0 Å². The number of nitrogens with two attached hydrogens (primary N) is 1. The Morgan fingerprint density at radius 2 is 1.68 bits per heavy atom. The van der Waals surface area contributed by atoms with Crippen LogP contribution < -0.4 is 5.73 Å². The average Bonchev–Trinajstić information content (AvgIpc) is 2.79. The molecule has 0 bridgehead atoms. The molecule has 0 radical (unpaired) electrons. The van der Waals surface area contributed by atoms with E-state index in [1.54, 1.807) is 0 Å². The fraction of sp³-hybridized carbons (Fsp3) is 0.0625. The lowest BCUT2D eigenvalue weighted by Crippen LogP contribution is -2.08. The molecule has 0 unspecified atom stereocenters. The van der Waals surface area contributed by atoms with Crippen molar-refractivity contribution in [3.05, 3.63) is 71.9 Å². The topological polar surface area (TPSA) is 30.9 Å². The first kappa shape index (κ1) is 11.9. The van der Waals surface area contributed by atoms with Crippen molar-refractivity contribution in [2.24, 2.45) is 5.73 Å². The quantitative estimate of drug-likeness (QED) is 0.737. The summed E-state index contributed by atoms with van der Waals surface area (Å²) in [6.07, 6.45) is 2.04. The van der Waals surface area contributed by atoms with Crippen LogP contribution in [-0.2, 0) is 6.54 Å². The number of benzene rings is 2. The lowest BCUT2D eigenvalue weighted by molar-refractivity contribution is 0.836. The highest BCUT2D eigenvalue weighted by molar-refractivity contribution is 7.80. The van der Waals surface area contributed by atoms with Crippen LogP contribution in [0.2, 0.25) is 0 Å². The zero-order chi connectivity index (χ0) is 13.2. The van der Waals surface area contributed by atoms with E-state index in [4.69, 9.17) is 18.0 Å². The predicted molar refractivity (Wildman–Crippen MR) is 83.4 cm³/mol. The number of aromatic nitrogens is 1. The van der Waals surface area contributed by atoms with Crippen LogP contribution in [0, 0.1) is 0 Å². The highest BCUT2D eigenvalue weighted by Gasteiger charge is 2.09. The van der Waals surface area contributed by atoms with Crippen molar-refractivity contribution in [3.8, 4) is 0 Å². The molecule has 0 saturated carbocycles. The molecule has 2 N–H and O–H groups in total. The first-order valence-electron chi connectivity index (χ1n) is 6.17. The minimum atomic E-state index is 0.447. The van der Waals surface area contributed by atoms with E-state index in [-0.39, 0.29) is 0 Å². The molecule has 3 heteroatoms. The molecule has 0 spiro atoms. The van der Waals surface area contributed by atoms with Crippen LogP contribution in [0.15, 0.2) is 60.8 Å². The number of fused-ring (bicyclic) bond motifs is 1.